The first kappa shape index (κ1) is 16.2. The molecule has 0 atom stereocenters. The fraction of sp³-hybridized carbons (Fsp3) is 0.0625. The van der Waals surface area contributed by atoms with Gasteiger partial charge in [-0.3, -0.25) is 14.9 Å². The molecule has 2 rings (SSSR count). The number of anilines is 1. The molecule has 0 aliphatic carbocycles. The van der Waals surface area contributed by atoms with Crippen LogP contribution >= 0.6 is 0 Å². The van der Waals surface area contributed by atoms with Crippen LogP contribution in [0.2, 0.25) is 0 Å². The summed E-state index contributed by atoms with van der Waals surface area (Å²) in [5.41, 5.74) is 0.534. The molecule has 0 bridgehead atoms. The number of nitro groups is 1. The van der Waals surface area contributed by atoms with Crippen LogP contribution in [0.25, 0.3) is 6.08 Å². The number of nitro benzene ring substituents is 1. The Labute approximate surface area is 131 Å². The lowest BCUT2D eigenvalue weighted by atomic mass is 10.2. The largest absolute Gasteiger partial charge is 0.490 e. The van der Waals surface area contributed by atoms with Gasteiger partial charge in [0.05, 0.1) is 12.0 Å². The van der Waals surface area contributed by atoms with Crippen LogP contribution in [0, 0.1) is 15.9 Å². The van der Waals surface area contributed by atoms with Gasteiger partial charge in [0.15, 0.2) is 5.75 Å². The first-order chi connectivity index (χ1) is 11.0. The molecule has 2 aromatic rings. The van der Waals surface area contributed by atoms with E-state index in [1.807, 2.05) is 0 Å². The van der Waals surface area contributed by atoms with Crippen molar-refractivity contribution in [2.24, 2.45) is 0 Å². The predicted molar refractivity (Wildman–Crippen MR) is 83.7 cm³/mol. The molecule has 2 aromatic carbocycles. The van der Waals surface area contributed by atoms with E-state index in [1.165, 1.54) is 55.7 Å². The van der Waals surface area contributed by atoms with Gasteiger partial charge in [0.25, 0.3) is 0 Å². The zero-order chi connectivity index (χ0) is 16.8. The summed E-state index contributed by atoms with van der Waals surface area (Å²) in [6.45, 7) is 0. The fourth-order valence-corrected chi connectivity index (χ4v) is 1.88. The molecule has 0 aliphatic heterocycles. The van der Waals surface area contributed by atoms with Crippen molar-refractivity contribution in [1.29, 1.82) is 0 Å². The number of rotatable bonds is 5. The quantitative estimate of drug-likeness (QED) is 0.521. The van der Waals surface area contributed by atoms with Crippen molar-refractivity contribution in [1.82, 2.24) is 0 Å². The molecule has 0 aliphatic rings. The van der Waals surface area contributed by atoms with Crippen molar-refractivity contribution in [2.75, 3.05) is 12.4 Å². The molecule has 1 N–H and O–H groups in total. The molecule has 0 spiro atoms. The molecule has 1 amide bonds. The normalized spacial score (nSPS) is 10.5. The highest BCUT2D eigenvalue weighted by molar-refractivity contribution is 6.02. The number of methoxy groups -OCH3 is 1. The fourth-order valence-electron chi connectivity index (χ4n) is 1.88. The van der Waals surface area contributed by atoms with Crippen LogP contribution in [0.1, 0.15) is 5.56 Å². The van der Waals surface area contributed by atoms with Crippen molar-refractivity contribution in [3.63, 3.8) is 0 Å². The van der Waals surface area contributed by atoms with Gasteiger partial charge >= 0.3 is 5.69 Å². The number of nitrogens with one attached hydrogen (secondary N) is 1. The van der Waals surface area contributed by atoms with Gasteiger partial charge in [0.1, 0.15) is 5.82 Å². The van der Waals surface area contributed by atoms with E-state index in [2.05, 4.69) is 5.32 Å². The Morgan fingerprint density at radius 2 is 2.09 bits per heavy atom. The molecule has 0 aromatic heterocycles. The first-order valence-electron chi connectivity index (χ1n) is 6.56. The third kappa shape index (κ3) is 4.37. The number of nitrogens with zero attached hydrogens (tertiary/aromatic N) is 1. The van der Waals surface area contributed by atoms with Crippen molar-refractivity contribution in [2.45, 2.75) is 0 Å². The lowest BCUT2D eigenvalue weighted by Crippen LogP contribution is -2.08. The molecule has 0 saturated carbocycles. The molecule has 0 unspecified atom stereocenters. The Kier molecular flexibility index (Phi) is 5.03. The highest BCUT2D eigenvalue weighted by Crippen LogP contribution is 2.29. The van der Waals surface area contributed by atoms with Crippen molar-refractivity contribution < 1.29 is 18.8 Å². The number of ether oxygens (including phenoxy) is 1. The molecule has 23 heavy (non-hydrogen) atoms. The average molecular weight is 316 g/mol. The molecule has 0 heterocycles. The van der Waals surface area contributed by atoms with E-state index in [0.29, 0.717) is 5.56 Å². The number of hydrogen-bond donors (Lipinski definition) is 1. The Hall–Kier alpha value is -3.22. The third-order valence-corrected chi connectivity index (χ3v) is 2.92. The summed E-state index contributed by atoms with van der Waals surface area (Å²) in [5, 5.41) is 13.4. The molecule has 118 valence electrons. The number of carbonyl (C=O) groups excluding carboxylic acids is 1. The van der Waals surface area contributed by atoms with Gasteiger partial charge in [-0.1, -0.05) is 12.1 Å². The van der Waals surface area contributed by atoms with E-state index < -0.39 is 16.6 Å². The second kappa shape index (κ2) is 7.17. The molecule has 0 fully saturated rings. The maximum Gasteiger partial charge on any atom is 0.312 e. The second-order valence-corrected chi connectivity index (χ2v) is 4.52. The molecule has 0 radical (unpaired) electrons. The van der Waals surface area contributed by atoms with Crippen LogP contribution in [0.4, 0.5) is 15.8 Å². The van der Waals surface area contributed by atoms with Crippen molar-refractivity contribution in [3.05, 3.63) is 70.0 Å². The first-order valence-corrected chi connectivity index (χ1v) is 6.56. The summed E-state index contributed by atoms with van der Waals surface area (Å²) >= 11 is 0. The predicted octanol–water partition coefficient (Wildman–Crippen LogP) is 3.39. The molecule has 7 heteroatoms. The minimum absolute atomic E-state index is 0.100. The molecule has 0 saturated heterocycles. The van der Waals surface area contributed by atoms with E-state index in [9.17, 15) is 19.3 Å². The van der Waals surface area contributed by atoms with E-state index in [0.717, 1.165) is 0 Å². The molecule has 6 nitrogen and oxygen atoms in total. The average Bonchev–Trinajstić information content (AvgIpc) is 2.53. The summed E-state index contributed by atoms with van der Waals surface area (Å²) in [6.07, 6.45) is 2.65. The summed E-state index contributed by atoms with van der Waals surface area (Å²) < 4.78 is 17.9. The van der Waals surface area contributed by atoms with Crippen molar-refractivity contribution in [3.8, 4) is 5.75 Å². The maximum absolute atomic E-state index is 13.0. The van der Waals surface area contributed by atoms with Gasteiger partial charge in [-0.15, -0.1) is 0 Å². The van der Waals surface area contributed by atoms with E-state index in [1.54, 1.807) is 6.07 Å². The van der Waals surface area contributed by atoms with Crippen LogP contribution in [-0.2, 0) is 4.79 Å². The lowest BCUT2D eigenvalue weighted by Gasteiger charge is -2.05. The summed E-state index contributed by atoms with van der Waals surface area (Å²) in [4.78, 5) is 22.1. The highest BCUT2D eigenvalue weighted by Gasteiger charge is 2.15. The van der Waals surface area contributed by atoms with Crippen molar-refractivity contribution >= 4 is 23.4 Å². The van der Waals surface area contributed by atoms with Gasteiger partial charge in [0, 0.05) is 17.8 Å². The number of benzene rings is 2. The molecular formula is C16H13FN2O4. The minimum Gasteiger partial charge on any atom is -0.490 e. The minimum atomic E-state index is -0.600. The van der Waals surface area contributed by atoms with Gasteiger partial charge in [-0.05, 0) is 35.9 Å². The topological polar surface area (TPSA) is 81.5 Å². The summed E-state index contributed by atoms with van der Waals surface area (Å²) in [5.74, 6) is -0.796. The number of hydrogen-bond acceptors (Lipinski definition) is 4. The maximum atomic E-state index is 13.0. The van der Waals surface area contributed by atoms with Gasteiger partial charge in [-0.25, -0.2) is 4.39 Å². The van der Waals surface area contributed by atoms with Crippen LogP contribution in [-0.4, -0.2) is 17.9 Å². The van der Waals surface area contributed by atoms with Gasteiger partial charge < -0.3 is 10.1 Å². The number of halogens is 1. The van der Waals surface area contributed by atoms with E-state index >= 15 is 0 Å². The Balaban J connectivity index is 2.11. The summed E-state index contributed by atoms with van der Waals surface area (Å²) in [6, 6.07) is 9.83. The van der Waals surface area contributed by atoms with E-state index in [-0.39, 0.29) is 17.1 Å². The smallest absolute Gasteiger partial charge is 0.312 e. The number of amides is 1. The third-order valence-electron chi connectivity index (χ3n) is 2.92. The van der Waals surface area contributed by atoms with Crippen LogP contribution in [0.3, 0.4) is 0 Å². The van der Waals surface area contributed by atoms with Crippen LogP contribution in [0.5, 0.6) is 5.75 Å². The standard InChI is InChI=1S/C16H13FN2O4/c1-23-15-7-6-13(10-14(15)19(21)22)18-16(20)8-5-11-3-2-4-12(17)9-11/h2-10H,1H3,(H,18,20)/b8-5+. The van der Waals surface area contributed by atoms with Crippen LogP contribution < -0.4 is 10.1 Å². The second-order valence-electron chi connectivity index (χ2n) is 4.52. The lowest BCUT2D eigenvalue weighted by molar-refractivity contribution is -0.385. The van der Waals surface area contributed by atoms with Crippen LogP contribution in [0.15, 0.2) is 48.5 Å². The Bertz CT molecular complexity index is 774. The summed E-state index contributed by atoms with van der Waals surface area (Å²) in [7, 11) is 1.32. The zero-order valence-electron chi connectivity index (χ0n) is 12.2. The Morgan fingerprint density at radius 1 is 1.30 bits per heavy atom. The number of carbonyl (C=O) groups is 1. The Morgan fingerprint density at radius 3 is 2.74 bits per heavy atom. The zero-order valence-corrected chi connectivity index (χ0v) is 12.2. The SMILES string of the molecule is COc1ccc(NC(=O)/C=C/c2cccc(F)c2)cc1[N+](=O)[O-]. The highest BCUT2D eigenvalue weighted by atomic mass is 19.1. The monoisotopic (exact) mass is 316 g/mol. The van der Waals surface area contributed by atoms with Gasteiger partial charge in [-0.2, -0.15) is 0 Å². The van der Waals surface area contributed by atoms with E-state index in [4.69, 9.17) is 4.74 Å². The molecular weight excluding hydrogens is 303 g/mol. The van der Waals surface area contributed by atoms with Gasteiger partial charge in [0.2, 0.25) is 5.91 Å².